The molecule has 0 spiro atoms. The molecule has 0 aliphatic rings. The number of halogens is 1. The lowest BCUT2D eigenvalue weighted by atomic mass is 10.1. The Hall–Kier alpha value is -2.66. The molecule has 5 heteroatoms. The lowest BCUT2D eigenvalue weighted by Crippen LogP contribution is -1.96. The van der Waals surface area contributed by atoms with Crippen LogP contribution < -0.4 is 4.74 Å². The smallest absolute Gasteiger partial charge is 0.254 e. The highest BCUT2D eigenvalue weighted by molar-refractivity contribution is 9.10. The molecule has 0 radical (unpaired) electrons. The first kappa shape index (κ1) is 14.9. The van der Waals surface area contributed by atoms with Gasteiger partial charge in [0, 0.05) is 15.4 Å². The average Bonchev–Trinajstić information content (AvgIpc) is 3.09. The van der Waals surface area contributed by atoms with E-state index in [4.69, 9.17) is 9.15 Å². The van der Waals surface area contributed by atoms with Crippen LogP contribution in [0, 0.1) is 0 Å². The summed E-state index contributed by atoms with van der Waals surface area (Å²) >= 11 is 3.41. The van der Waals surface area contributed by atoms with Gasteiger partial charge < -0.3 is 9.15 Å². The minimum absolute atomic E-state index is 0.234. The maximum absolute atomic E-state index is 5.87. The topological polar surface area (TPSA) is 48.2 Å². The van der Waals surface area contributed by atoms with Crippen molar-refractivity contribution in [3.8, 4) is 17.2 Å². The van der Waals surface area contributed by atoms with Crippen molar-refractivity contribution in [1.82, 2.24) is 10.2 Å². The van der Waals surface area contributed by atoms with E-state index in [1.165, 1.54) is 0 Å². The molecule has 0 saturated carbocycles. The summed E-state index contributed by atoms with van der Waals surface area (Å²) in [7, 11) is 0. The third-order valence-electron chi connectivity index (χ3n) is 3.66. The van der Waals surface area contributed by atoms with Crippen molar-refractivity contribution < 1.29 is 9.15 Å². The molecule has 0 bridgehead atoms. The van der Waals surface area contributed by atoms with E-state index in [1.807, 2.05) is 54.6 Å². The van der Waals surface area contributed by atoms with E-state index in [2.05, 4.69) is 38.3 Å². The van der Waals surface area contributed by atoms with Crippen LogP contribution in [0.4, 0.5) is 0 Å². The summed E-state index contributed by atoms with van der Waals surface area (Å²) in [5, 5.41) is 10.3. The fraction of sp³-hybridized carbons (Fsp3) is 0.0526. The monoisotopic (exact) mass is 380 g/mol. The van der Waals surface area contributed by atoms with E-state index in [0.29, 0.717) is 11.8 Å². The molecule has 4 rings (SSSR count). The molecule has 1 heterocycles. The second-order valence-corrected chi connectivity index (χ2v) is 6.19. The first-order valence-corrected chi connectivity index (χ1v) is 8.28. The van der Waals surface area contributed by atoms with Gasteiger partial charge in [0.1, 0.15) is 5.75 Å². The Morgan fingerprint density at radius 3 is 2.54 bits per heavy atom. The fourth-order valence-corrected chi connectivity index (χ4v) is 2.75. The Bertz CT molecular complexity index is 975. The molecule has 1 aromatic heterocycles. The van der Waals surface area contributed by atoms with Crippen LogP contribution in [0.15, 0.2) is 75.6 Å². The summed E-state index contributed by atoms with van der Waals surface area (Å²) in [5.41, 5.74) is 0.877. The Labute approximate surface area is 147 Å². The first-order chi connectivity index (χ1) is 11.8. The number of benzene rings is 3. The number of ether oxygens (including phenoxy) is 1. The molecule has 3 aromatic carbocycles. The van der Waals surface area contributed by atoms with Gasteiger partial charge in [-0.1, -0.05) is 52.3 Å². The van der Waals surface area contributed by atoms with Crippen LogP contribution in [-0.4, -0.2) is 10.2 Å². The highest BCUT2D eigenvalue weighted by Crippen LogP contribution is 2.26. The van der Waals surface area contributed by atoms with Crippen LogP contribution in [-0.2, 0) is 6.61 Å². The van der Waals surface area contributed by atoms with Crippen molar-refractivity contribution >= 4 is 26.7 Å². The van der Waals surface area contributed by atoms with Crippen LogP contribution in [0.5, 0.6) is 5.75 Å². The molecular formula is C19H13BrN2O2. The molecule has 4 nitrogen and oxygen atoms in total. The predicted octanol–water partition coefficient (Wildman–Crippen LogP) is 5.23. The fourth-order valence-electron chi connectivity index (χ4n) is 2.48. The van der Waals surface area contributed by atoms with Crippen LogP contribution in [0.1, 0.15) is 5.89 Å². The second kappa shape index (κ2) is 6.45. The molecule has 0 unspecified atom stereocenters. The molecule has 118 valence electrons. The van der Waals surface area contributed by atoms with Crippen LogP contribution in [0.25, 0.3) is 22.2 Å². The normalized spacial score (nSPS) is 10.9. The third-order valence-corrected chi connectivity index (χ3v) is 4.19. The molecule has 24 heavy (non-hydrogen) atoms. The van der Waals surface area contributed by atoms with Crippen molar-refractivity contribution in [3.05, 3.63) is 77.1 Å². The zero-order valence-corrected chi connectivity index (χ0v) is 14.2. The number of hydrogen-bond donors (Lipinski definition) is 0. The van der Waals surface area contributed by atoms with Gasteiger partial charge in [-0.05, 0) is 35.7 Å². The van der Waals surface area contributed by atoms with Crippen LogP contribution in [0.2, 0.25) is 0 Å². The van der Waals surface area contributed by atoms with Gasteiger partial charge in [-0.3, -0.25) is 0 Å². The van der Waals surface area contributed by atoms with Crippen molar-refractivity contribution in [1.29, 1.82) is 0 Å². The molecule has 0 aliphatic heterocycles. The highest BCUT2D eigenvalue weighted by atomic mass is 79.9. The van der Waals surface area contributed by atoms with Gasteiger partial charge in [-0.25, -0.2) is 0 Å². The molecule has 0 saturated heterocycles. The SMILES string of the molecule is Brc1ccc(-c2nnc(COc3cccc4ccccc34)o2)cc1. The van der Waals surface area contributed by atoms with Gasteiger partial charge in [0.15, 0.2) is 6.61 Å². The van der Waals surface area contributed by atoms with Gasteiger partial charge in [-0.2, -0.15) is 0 Å². The molecule has 0 atom stereocenters. The van der Waals surface area contributed by atoms with E-state index in [9.17, 15) is 0 Å². The van der Waals surface area contributed by atoms with Crippen molar-refractivity contribution in [2.75, 3.05) is 0 Å². The van der Waals surface area contributed by atoms with Crippen molar-refractivity contribution in [2.45, 2.75) is 6.61 Å². The summed E-state index contributed by atoms with van der Waals surface area (Å²) in [6.45, 7) is 0.234. The van der Waals surface area contributed by atoms with Gasteiger partial charge >= 0.3 is 0 Å². The second-order valence-electron chi connectivity index (χ2n) is 5.27. The standard InChI is InChI=1S/C19H13BrN2O2/c20-15-10-8-14(9-11-15)19-22-21-18(24-19)12-23-17-7-3-5-13-4-1-2-6-16(13)17/h1-11H,12H2. The van der Waals surface area contributed by atoms with E-state index < -0.39 is 0 Å². The number of aromatic nitrogens is 2. The predicted molar refractivity (Wildman–Crippen MR) is 95.7 cm³/mol. The third kappa shape index (κ3) is 3.03. The zero-order valence-electron chi connectivity index (χ0n) is 12.6. The molecule has 0 fully saturated rings. The summed E-state index contributed by atoms with van der Waals surface area (Å²) in [6, 6.07) is 21.8. The Morgan fingerprint density at radius 2 is 1.67 bits per heavy atom. The molecule has 0 N–H and O–H groups in total. The van der Waals surface area contributed by atoms with E-state index in [-0.39, 0.29) is 6.61 Å². The van der Waals surface area contributed by atoms with Crippen LogP contribution >= 0.6 is 15.9 Å². The number of fused-ring (bicyclic) bond motifs is 1. The minimum Gasteiger partial charge on any atom is -0.483 e. The number of hydrogen-bond acceptors (Lipinski definition) is 4. The summed E-state index contributed by atoms with van der Waals surface area (Å²) in [5.74, 6) is 1.73. The summed E-state index contributed by atoms with van der Waals surface area (Å²) in [4.78, 5) is 0. The summed E-state index contributed by atoms with van der Waals surface area (Å²) in [6.07, 6.45) is 0. The Balaban J connectivity index is 1.53. The van der Waals surface area contributed by atoms with Gasteiger partial charge in [0.05, 0.1) is 0 Å². The van der Waals surface area contributed by atoms with Crippen molar-refractivity contribution in [3.63, 3.8) is 0 Å². The summed E-state index contributed by atoms with van der Waals surface area (Å²) < 4.78 is 12.6. The van der Waals surface area contributed by atoms with E-state index in [1.54, 1.807) is 0 Å². The van der Waals surface area contributed by atoms with Gasteiger partial charge in [-0.15, -0.1) is 10.2 Å². The molecule has 0 aliphatic carbocycles. The maximum Gasteiger partial charge on any atom is 0.254 e. The number of rotatable bonds is 4. The average molecular weight is 381 g/mol. The van der Waals surface area contributed by atoms with E-state index in [0.717, 1.165) is 26.6 Å². The van der Waals surface area contributed by atoms with Gasteiger partial charge in [0.25, 0.3) is 5.89 Å². The minimum atomic E-state index is 0.234. The van der Waals surface area contributed by atoms with Gasteiger partial charge in [0.2, 0.25) is 5.89 Å². The lowest BCUT2D eigenvalue weighted by Gasteiger charge is -2.07. The maximum atomic E-state index is 5.87. The largest absolute Gasteiger partial charge is 0.483 e. The van der Waals surface area contributed by atoms with E-state index >= 15 is 0 Å². The van der Waals surface area contributed by atoms with Crippen LogP contribution in [0.3, 0.4) is 0 Å². The zero-order chi connectivity index (χ0) is 16.4. The Morgan fingerprint density at radius 1 is 0.875 bits per heavy atom. The Kier molecular flexibility index (Phi) is 4.01. The molecule has 4 aromatic rings. The first-order valence-electron chi connectivity index (χ1n) is 7.48. The number of nitrogens with zero attached hydrogens (tertiary/aromatic N) is 2. The highest BCUT2D eigenvalue weighted by Gasteiger charge is 2.10. The molecule has 0 amide bonds. The lowest BCUT2D eigenvalue weighted by molar-refractivity contribution is 0.267. The quantitative estimate of drug-likeness (QED) is 0.486. The van der Waals surface area contributed by atoms with Crippen molar-refractivity contribution in [2.24, 2.45) is 0 Å². The molecular weight excluding hydrogens is 368 g/mol.